The average molecular weight is 245 g/mol. The van der Waals surface area contributed by atoms with Gasteiger partial charge in [0.1, 0.15) is 0 Å². The maximum absolute atomic E-state index is 4.09. The summed E-state index contributed by atoms with van der Waals surface area (Å²) in [5, 5.41) is 3.58. The first-order valence-corrected chi connectivity index (χ1v) is 7.14. The summed E-state index contributed by atoms with van der Waals surface area (Å²) < 4.78 is 0. The van der Waals surface area contributed by atoms with E-state index in [1.54, 1.807) is 0 Å². The molecule has 1 aromatic heterocycles. The van der Waals surface area contributed by atoms with Crippen LogP contribution in [0.3, 0.4) is 0 Å². The molecule has 3 atom stereocenters. The third kappa shape index (κ3) is 2.43. The molecule has 3 rings (SSSR count). The van der Waals surface area contributed by atoms with Gasteiger partial charge in [-0.25, -0.2) is 0 Å². The first-order valence-electron chi connectivity index (χ1n) is 7.14. The first kappa shape index (κ1) is 12.1. The van der Waals surface area contributed by atoms with Gasteiger partial charge in [-0.3, -0.25) is 9.88 Å². The lowest BCUT2D eigenvalue weighted by molar-refractivity contribution is 0.106. The zero-order valence-electron chi connectivity index (χ0n) is 11.2. The van der Waals surface area contributed by atoms with E-state index in [2.05, 4.69) is 34.4 Å². The molecule has 2 fully saturated rings. The number of hydrogen-bond donors (Lipinski definition) is 1. The Morgan fingerprint density at radius 3 is 2.94 bits per heavy atom. The topological polar surface area (TPSA) is 28.2 Å². The number of rotatable bonds is 3. The van der Waals surface area contributed by atoms with Crippen molar-refractivity contribution in [1.29, 1.82) is 0 Å². The summed E-state index contributed by atoms with van der Waals surface area (Å²) in [5.41, 5.74) is 1.38. The average Bonchev–Trinajstić information content (AvgIpc) is 2.87. The fourth-order valence-electron chi connectivity index (χ4n) is 3.76. The van der Waals surface area contributed by atoms with Gasteiger partial charge >= 0.3 is 0 Å². The molecule has 98 valence electrons. The summed E-state index contributed by atoms with van der Waals surface area (Å²) in [6.07, 6.45) is 7.98. The van der Waals surface area contributed by atoms with Gasteiger partial charge in [0.25, 0.3) is 0 Å². The molecule has 1 saturated heterocycles. The Balaban J connectivity index is 1.66. The van der Waals surface area contributed by atoms with E-state index in [0.717, 1.165) is 24.4 Å². The lowest BCUT2D eigenvalue weighted by atomic mass is 9.77. The number of hydrogen-bond acceptors (Lipinski definition) is 3. The predicted octanol–water partition coefficient (Wildman–Crippen LogP) is 1.90. The molecule has 0 spiro atoms. The second-order valence-electron chi connectivity index (χ2n) is 5.85. The Morgan fingerprint density at radius 1 is 1.28 bits per heavy atom. The van der Waals surface area contributed by atoms with Gasteiger partial charge in [-0.05, 0) is 62.5 Å². The molecule has 1 aliphatic carbocycles. The van der Waals surface area contributed by atoms with E-state index in [1.807, 2.05) is 12.4 Å². The van der Waals surface area contributed by atoms with Gasteiger partial charge in [0, 0.05) is 25.0 Å². The molecule has 1 aromatic rings. The van der Waals surface area contributed by atoms with E-state index in [4.69, 9.17) is 0 Å². The van der Waals surface area contributed by atoms with Crippen LogP contribution in [0.2, 0.25) is 0 Å². The number of aromatic nitrogens is 1. The van der Waals surface area contributed by atoms with Crippen LogP contribution in [0, 0.1) is 11.8 Å². The molecular formula is C15H23N3. The minimum Gasteiger partial charge on any atom is -0.316 e. The van der Waals surface area contributed by atoms with Gasteiger partial charge < -0.3 is 5.32 Å². The monoisotopic (exact) mass is 245 g/mol. The van der Waals surface area contributed by atoms with E-state index >= 15 is 0 Å². The number of fused-ring (bicyclic) bond motifs is 1. The summed E-state index contributed by atoms with van der Waals surface area (Å²) in [7, 11) is 2.28. The summed E-state index contributed by atoms with van der Waals surface area (Å²) in [5.74, 6) is 1.79. The minimum atomic E-state index is 0.756. The second kappa shape index (κ2) is 5.37. The Labute approximate surface area is 110 Å². The van der Waals surface area contributed by atoms with E-state index in [-0.39, 0.29) is 0 Å². The zero-order chi connectivity index (χ0) is 12.4. The molecule has 3 heteroatoms. The van der Waals surface area contributed by atoms with Crippen LogP contribution in [0.1, 0.15) is 24.8 Å². The molecule has 1 saturated carbocycles. The summed E-state index contributed by atoms with van der Waals surface area (Å²) >= 11 is 0. The molecule has 0 amide bonds. The third-order valence-electron chi connectivity index (χ3n) is 4.71. The van der Waals surface area contributed by atoms with Crippen molar-refractivity contribution in [3.05, 3.63) is 30.1 Å². The zero-order valence-corrected chi connectivity index (χ0v) is 11.2. The fourth-order valence-corrected chi connectivity index (χ4v) is 3.76. The maximum atomic E-state index is 4.09. The van der Waals surface area contributed by atoms with Crippen molar-refractivity contribution in [2.24, 2.45) is 11.8 Å². The molecule has 3 nitrogen and oxygen atoms in total. The van der Waals surface area contributed by atoms with E-state index in [0.29, 0.717) is 0 Å². The highest BCUT2D eigenvalue weighted by Gasteiger charge is 2.38. The predicted molar refractivity (Wildman–Crippen MR) is 73.2 cm³/mol. The Bertz CT molecular complexity index is 379. The van der Waals surface area contributed by atoms with Crippen molar-refractivity contribution < 1.29 is 0 Å². The molecule has 2 heterocycles. The highest BCUT2D eigenvalue weighted by atomic mass is 15.1. The normalized spacial score (nSPS) is 31.6. The van der Waals surface area contributed by atoms with Crippen LogP contribution < -0.4 is 5.32 Å². The molecular weight excluding hydrogens is 222 g/mol. The molecule has 1 aliphatic heterocycles. The van der Waals surface area contributed by atoms with Crippen molar-refractivity contribution >= 4 is 0 Å². The van der Waals surface area contributed by atoms with Crippen LogP contribution in [0.5, 0.6) is 0 Å². The highest BCUT2D eigenvalue weighted by Crippen LogP contribution is 2.35. The van der Waals surface area contributed by atoms with E-state index in [1.165, 1.54) is 37.9 Å². The van der Waals surface area contributed by atoms with Gasteiger partial charge in [-0.15, -0.1) is 0 Å². The maximum Gasteiger partial charge on any atom is 0.0271 e. The standard InChI is InChI=1S/C15H23N3/c1-18(11-12-5-7-16-8-6-12)15-4-2-3-13-9-17-10-14(13)15/h5-8,13-15,17H,2-4,9-11H2,1H3/t13-,14-,15?/m1/s1. The van der Waals surface area contributed by atoms with Crippen LogP contribution in [0.4, 0.5) is 0 Å². The van der Waals surface area contributed by atoms with Crippen LogP contribution in [-0.4, -0.2) is 36.1 Å². The highest BCUT2D eigenvalue weighted by molar-refractivity contribution is 5.10. The minimum absolute atomic E-state index is 0.756. The number of pyridine rings is 1. The molecule has 0 aromatic carbocycles. The molecule has 18 heavy (non-hydrogen) atoms. The fraction of sp³-hybridized carbons (Fsp3) is 0.667. The first-order chi connectivity index (χ1) is 8.84. The van der Waals surface area contributed by atoms with Gasteiger partial charge in [-0.1, -0.05) is 6.42 Å². The Kier molecular flexibility index (Phi) is 3.62. The van der Waals surface area contributed by atoms with Gasteiger partial charge in [0.15, 0.2) is 0 Å². The van der Waals surface area contributed by atoms with Crippen LogP contribution in [-0.2, 0) is 6.54 Å². The van der Waals surface area contributed by atoms with Crippen molar-refractivity contribution in [3.8, 4) is 0 Å². The second-order valence-corrected chi connectivity index (χ2v) is 5.85. The Hall–Kier alpha value is -0.930. The largest absolute Gasteiger partial charge is 0.316 e. The quantitative estimate of drug-likeness (QED) is 0.881. The van der Waals surface area contributed by atoms with Crippen LogP contribution >= 0.6 is 0 Å². The van der Waals surface area contributed by atoms with Gasteiger partial charge in [0.05, 0.1) is 0 Å². The van der Waals surface area contributed by atoms with Crippen LogP contribution in [0.25, 0.3) is 0 Å². The third-order valence-corrected chi connectivity index (χ3v) is 4.71. The van der Waals surface area contributed by atoms with E-state index < -0.39 is 0 Å². The number of nitrogens with one attached hydrogen (secondary N) is 1. The van der Waals surface area contributed by atoms with Crippen molar-refractivity contribution in [3.63, 3.8) is 0 Å². The summed E-state index contributed by atoms with van der Waals surface area (Å²) in [6, 6.07) is 5.01. The summed E-state index contributed by atoms with van der Waals surface area (Å²) in [6.45, 7) is 3.51. The molecule has 2 aliphatic rings. The van der Waals surface area contributed by atoms with Crippen LogP contribution in [0.15, 0.2) is 24.5 Å². The molecule has 1 N–H and O–H groups in total. The smallest absolute Gasteiger partial charge is 0.0271 e. The number of nitrogens with zero attached hydrogens (tertiary/aromatic N) is 2. The Morgan fingerprint density at radius 2 is 2.11 bits per heavy atom. The van der Waals surface area contributed by atoms with E-state index in [9.17, 15) is 0 Å². The summed E-state index contributed by atoms with van der Waals surface area (Å²) in [4.78, 5) is 6.64. The molecule has 0 radical (unpaired) electrons. The molecule has 1 unspecified atom stereocenters. The lowest BCUT2D eigenvalue weighted by Gasteiger charge is -2.39. The van der Waals surface area contributed by atoms with Crippen molar-refractivity contribution in [2.75, 3.05) is 20.1 Å². The lowest BCUT2D eigenvalue weighted by Crippen LogP contribution is -2.43. The van der Waals surface area contributed by atoms with Crippen molar-refractivity contribution in [2.45, 2.75) is 31.8 Å². The van der Waals surface area contributed by atoms with Gasteiger partial charge in [-0.2, -0.15) is 0 Å². The van der Waals surface area contributed by atoms with Gasteiger partial charge in [0.2, 0.25) is 0 Å². The van der Waals surface area contributed by atoms with Crippen molar-refractivity contribution in [1.82, 2.24) is 15.2 Å². The SMILES string of the molecule is CN(Cc1ccncc1)C1CCC[C@@H]2CNC[C@@H]12. The molecule has 0 bridgehead atoms.